The summed E-state index contributed by atoms with van der Waals surface area (Å²) in [5.74, 6) is -0.143. The fourth-order valence-corrected chi connectivity index (χ4v) is 2.32. The summed E-state index contributed by atoms with van der Waals surface area (Å²) in [7, 11) is 1.88. The van der Waals surface area contributed by atoms with Crippen molar-refractivity contribution in [3.63, 3.8) is 0 Å². The molecular formula is C13H17N5O2. The van der Waals surface area contributed by atoms with Gasteiger partial charge in [-0.05, 0) is 6.42 Å². The van der Waals surface area contributed by atoms with E-state index >= 15 is 0 Å². The lowest BCUT2D eigenvalue weighted by molar-refractivity contribution is 0.0754. The van der Waals surface area contributed by atoms with E-state index in [1.807, 2.05) is 30.9 Å². The molecule has 0 radical (unpaired) electrons. The van der Waals surface area contributed by atoms with Gasteiger partial charge in [-0.1, -0.05) is 12.1 Å². The van der Waals surface area contributed by atoms with Gasteiger partial charge in [0.1, 0.15) is 17.3 Å². The number of imidazole rings is 1. The Morgan fingerprint density at radius 1 is 1.55 bits per heavy atom. The highest BCUT2D eigenvalue weighted by atomic mass is 16.6. The molecule has 0 spiro atoms. The van der Waals surface area contributed by atoms with Gasteiger partial charge >= 0.3 is 0 Å². The van der Waals surface area contributed by atoms with Crippen molar-refractivity contribution in [3.05, 3.63) is 24.2 Å². The molecule has 0 saturated heterocycles. The standard InChI is InChI=1S/C13H17N5O2/c1-3-9-6-10(20-16-9)7-14-12(19)11-8-15-18-5-4-17(2)13(11)18/h4-5,8,10H,3,6-7H2,1-2H3,(H,14,19)/t10-/m0/s1. The molecule has 2 aromatic heterocycles. The van der Waals surface area contributed by atoms with Gasteiger partial charge < -0.3 is 14.7 Å². The number of hydrogen-bond donors (Lipinski definition) is 1. The van der Waals surface area contributed by atoms with Crippen LogP contribution in [0, 0.1) is 0 Å². The van der Waals surface area contributed by atoms with Gasteiger partial charge in [0, 0.05) is 25.9 Å². The van der Waals surface area contributed by atoms with Crippen molar-refractivity contribution in [1.82, 2.24) is 19.5 Å². The van der Waals surface area contributed by atoms with Gasteiger partial charge in [0.05, 0.1) is 18.5 Å². The minimum atomic E-state index is -0.143. The second-order valence-electron chi connectivity index (χ2n) is 4.89. The molecule has 0 aliphatic carbocycles. The molecule has 0 bridgehead atoms. The smallest absolute Gasteiger partial charge is 0.256 e. The van der Waals surface area contributed by atoms with Crippen LogP contribution >= 0.6 is 0 Å². The summed E-state index contributed by atoms with van der Waals surface area (Å²) in [5.41, 5.74) is 2.38. The Morgan fingerprint density at radius 3 is 3.15 bits per heavy atom. The van der Waals surface area contributed by atoms with Crippen molar-refractivity contribution in [3.8, 4) is 0 Å². The number of carbonyl (C=O) groups excluding carboxylic acids is 1. The number of nitrogens with one attached hydrogen (secondary N) is 1. The van der Waals surface area contributed by atoms with E-state index < -0.39 is 0 Å². The number of aromatic nitrogens is 3. The van der Waals surface area contributed by atoms with E-state index in [9.17, 15) is 4.79 Å². The number of amides is 1. The Balaban J connectivity index is 1.64. The van der Waals surface area contributed by atoms with Crippen molar-refractivity contribution in [2.75, 3.05) is 6.54 Å². The van der Waals surface area contributed by atoms with Crippen LogP contribution in [-0.2, 0) is 11.9 Å². The minimum absolute atomic E-state index is 0.0617. The molecule has 0 unspecified atom stereocenters. The Kier molecular flexibility index (Phi) is 3.17. The maximum Gasteiger partial charge on any atom is 0.256 e. The molecule has 1 atom stereocenters. The minimum Gasteiger partial charge on any atom is -0.390 e. The zero-order valence-corrected chi connectivity index (χ0v) is 11.5. The van der Waals surface area contributed by atoms with Gasteiger partial charge in [0.15, 0.2) is 0 Å². The number of oxime groups is 1. The van der Waals surface area contributed by atoms with E-state index in [-0.39, 0.29) is 12.0 Å². The Bertz CT molecular complexity index is 669. The first-order valence-electron chi connectivity index (χ1n) is 6.67. The van der Waals surface area contributed by atoms with Crippen LogP contribution < -0.4 is 5.32 Å². The van der Waals surface area contributed by atoms with Crippen molar-refractivity contribution in [1.29, 1.82) is 0 Å². The first-order chi connectivity index (χ1) is 9.69. The number of carbonyl (C=O) groups is 1. The van der Waals surface area contributed by atoms with E-state index in [1.165, 1.54) is 0 Å². The fraction of sp³-hybridized carbons (Fsp3) is 0.462. The molecule has 1 N–H and O–H groups in total. The summed E-state index contributed by atoms with van der Waals surface area (Å²) in [5, 5.41) is 11.0. The first kappa shape index (κ1) is 12.7. The summed E-state index contributed by atoms with van der Waals surface area (Å²) < 4.78 is 3.55. The lowest BCUT2D eigenvalue weighted by Gasteiger charge is -2.09. The van der Waals surface area contributed by atoms with Gasteiger partial charge in [-0.25, -0.2) is 4.52 Å². The number of aryl methyl sites for hydroxylation is 1. The summed E-state index contributed by atoms with van der Waals surface area (Å²) in [6, 6.07) is 0. The van der Waals surface area contributed by atoms with E-state index in [0.29, 0.717) is 12.1 Å². The van der Waals surface area contributed by atoms with Gasteiger partial charge in [0.25, 0.3) is 5.91 Å². The molecule has 7 heteroatoms. The lowest BCUT2D eigenvalue weighted by Crippen LogP contribution is -2.32. The molecule has 1 aliphatic rings. The van der Waals surface area contributed by atoms with Crippen LogP contribution in [0.15, 0.2) is 23.7 Å². The summed E-state index contributed by atoms with van der Waals surface area (Å²) in [6.07, 6.45) is 6.86. The third-order valence-electron chi connectivity index (χ3n) is 3.47. The van der Waals surface area contributed by atoms with Crippen molar-refractivity contribution in [2.24, 2.45) is 12.2 Å². The maximum atomic E-state index is 12.2. The van der Waals surface area contributed by atoms with Gasteiger partial charge in [-0.2, -0.15) is 5.10 Å². The molecule has 7 nitrogen and oxygen atoms in total. The number of nitrogens with zero attached hydrogens (tertiary/aromatic N) is 4. The van der Waals surface area contributed by atoms with Gasteiger partial charge in [-0.3, -0.25) is 4.79 Å². The average Bonchev–Trinajstić information content (AvgIpc) is 3.14. The highest BCUT2D eigenvalue weighted by molar-refractivity contribution is 5.99. The fourth-order valence-electron chi connectivity index (χ4n) is 2.32. The van der Waals surface area contributed by atoms with E-state index in [2.05, 4.69) is 15.6 Å². The topological polar surface area (TPSA) is 72.9 Å². The molecule has 106 valence electrons. The maximum absolute atomic E-state index is 12.2. The predicted octanol–water partition coefficient (Wildman–Crippen LogP) is 0.957. The zero-order chi connectivity index (χ0) is 14.1. The number of hydrogen-bond acceptors (Lipinski definition) is 4. The largest absolute Gasteiger partial charge is 0.390 e. The average molecular weight is 275 g/mol. The molecule has 0 saturated carbocycles. The number of rotatable bonds is 4. The molecule has 3 heterocycles. The molecule has 20 heavy (non-hydrogen) atoms. The van der Waals surface area contributed by atoms with Crippen LogP contribution in [0.4, 0.5) is 0 Å². The first-order valence-corrected chi connectivity index (χ1v) is 6.67. The Morgan fingerprint density at radius 2 is 2.40 bits per heavy atom. The molecule has 2 aromatic rings. The lowest BCUT2D eigenvalue weighted by atomic mass is 10.1. The van der Waals surface area contributed by atoms with E-state index in [4.69, 9.17) is 4.84 Å². The van der Waals surface area contributed by atoms with Crippen LogP contribution in [0.3, 0.4) is 0 Å². The van der Waals surface area contributed by atoms with Crippen molar-refractivity contribution < 1.29 is 9.63 Å². The highest BCUT2D eigenvalue weighted by Crippen LogP contribution is 2.13. The van der Waals surface area contributed by atoms with Crippen LogP contribution in [-0.4, -0.2) is 38.4 Å². The second-order valence-corrected chi connectivity index (χ2v) is 4.89. The SMILES string of the molecule is CCC1=NO[C@H](CNC(=O)c2cnn3ccn(C)c23)C1. The van der Waals surface area contributed by atoms with Gasteiger partial charge in [0.2, 0.25) is 0 Å². The number of fused-ring (bicyclic) bond motifs is 1. The molecule has 0 aromatic carbocycles. The summed E-state index contributed by atoms with van der Waals surface area (Å²) in [4.78, 5) is 17.5. The predicted molar refractivity (Wildman–Crippen MR) is 73.7 cm³/mol. The van der Waals surface area contributed by atoms with Crippen molar-refractivity contribution in [2.45, 2.75) is 25.9 Å². The second kappa shape index (κ2) is 4.99. The third-order valence-corrected chi connectivity index (χ3v) is 3.47. The van der Waals surface area contributed by atoms with Gasteiger partial charge in [-0.15, -0.1) is 0 Å². The molecule has 1 amide bonds. The third kappa shape index (κ3) is 2.15. The van der Waals surface area contributed by atoms with Crippen LogP contribution in [0.25, 0.3) is 5.65 Å². The normalized spacial score (nSPS) is 18.1. The monoisotopic (exact) mass is 275 g/mol. The molecular weight excluding hydrogens is 258 g/mol. The highest BCUT2D eigenvalue weighted by Gasteiger charge is 2.22. The van der Waals surface area contributed by atoms with E-state index in [1.54, 1.807) is 10.7 Å². The zero-order valence-electron chi connectivity index (χ0n) is 11.5. The molecule has 0 fully saturated rings. The van der Waals surface area contributed by atoms with E-state index in [0.717, 1.165) is 24.2 Å². The molecule has 3 rings (SSSR count). The Labute approximate surface area is 116 Å². The Hall–Kier alpha value is -2.31. The summed E-state index contributed by atoms with van der Waals surface area (Å²) >= 11 is 0. The van der Waals surface area contributed by atoms with Crippen LogP contribution in [0.5, 0.6) is 0 Å². The molecule has 1 aliphatic heterocycles. The quantitative estimate of drug-likeness (QED) is 0.903. The van der Waals surface area contributed by atoms with Crippen LogP contribution in [0.1, 0.15) is 30.1 Å². The van der Waals surface area contributed by atoms with Crippen molar-refractivity contribution >= 4 is 17.3 Å². The van der Waals surface area contributed by atoms with Crippen LogP contribution in [0.2, 0.25) is 0 Å². The summed E-state index contributed by atoms with van der Waals surface area (Å²) in [6.45, 7) is 2.50.